The van der Waals surface area contributed by atoms with E-state index in [1.54, 1.807) is 0 Å². The van der Waals surface area contributed by atoms with E-state index in [4.69, 9.17) is 4.84 Å². The lowest BCUT2D eigenvalue weighted by atomic mass is 9.98. The molecule has 0 aromatic heterocycles. The van der Waals surface area contributed by atoms with Crippen molar-refractivity contribution in [2.24, 2.45) is 0 Å². The van der Waals surface area contributed by atoms with Gasteiger partial charge >= 0.3 is 0 Å². The van der Waals surface area contributed by atoms with Crippen LogP contribution < -0.4 is 5.48 Å². The Balaban J connectivity index is 1.98. The van der Waals surface area contributed by atoms with Crippen LogP contribution in [0.3, 0.4) is 0 Å². The summed E-state index contributed by atoms with van der Waals surface area (Å²) in [6.45, 7) is 0.666. The average Bonchev–Trinajstić information content (AvgIpc) is 2.93. The van der Waals surface area contributed by atoms with Gasteiger partial charge in [0.1, 0.15) is 11.6 Å². The number of nitrogens with one attached hydrogen (secondary N) is 1. The highest BCUT2D eigenvalue weighted by molar-refractivity contribution is 5.65. The largest absolute Gasteiger partial charge is 0.301 e. The third-order valence-electron chi connectivity index (χ3n) is 3.27. The Kier molecular flexibility index (Phi) is 3.27. The highest BCUT2D eigenvalue weighted by Crippen LogP contribution is 2.28. The molecule has 1 aliphatic heterocycles. The van der Waals surface area contributed by atoms with E-state index in [1.165, 1.54) is 12.1 Å². The summed E-state index contributed by atoms with van der Waals surface area (Å²) in [4.78, 5) is 5.12. The molecule has 1 heterocycles. The molecule has 1 fully saturated rings. The van der Waals surface area contributed by atoms with Crippen LogP contribution in [-0.2, 0) is 4.84 Å². The summed E-state index contributed by atoms with van der Waals surface area (Å²) in [5.41, 5.74) is 5.11. The van der Waals surface area contributed by atoms with Gasteiger partial charge in [-0.05, 0) is 35.7 Å². The molecule has 1 saturated heterocycles. The Morgan fingerprint density at radius 2 is 2.00 bits per heavy atom. The fraction of sp³-hybridized carbons (Fsp3) is 0.200. The monoisotopic (exact) mass is 261 g/mol. The van der Waals surface area contributed by atoms with Crippen LogP contribution in [0.25, 0.3) is 11.1 Å². The second-order valence-electron chi connectivity index (χ2n) is 4.56. The molecule has 1 unspecified atom stereocenters. The van der Waals surface area contributed by atoms with E-state index >= 15 is 0 Å². The van der Waals surface area contributed by atoms with Crippen molar-refractivity contribution in [3.05, 3.63) is 59.7 Å². The lowest BCUT2D eigenvalue weighted by Crippen LogP contribution is -2.11. The Hall–Kier alpha value is -1.78. The number of hydroxylamine groups is 1. The zero-order valence-corrected chi connectivity index (χ0v) is 10.2. The Morgan fingerprint density at radius 3 is 2.74 bits per heavy atom. The normalized spacial score (nSPS) is 18.7. The first kappa shape index (κ1) is 12.3. The van der Waals surface area contributed by atoms with Crippen molar-refractivity contribution in [3.8, 4) is 11.1 Å². The van der Waals surface area contributed by atoms with Crippen molar-refractivity contribution < 1.29 is 13.6 Å². The van der Waals surface area contributed by atoms with Gasteiger partial charge in [0.25, 0.3) is 0 Å². The third-order valence-corrected chi connectivity index (χ3v) is 3.27. The molecule has 0 radical (unpaired) electrons. The highest BCUT2D eigenvalue weighted by Gasteiger charge is 2.17. The Morgan fingerprint density at radius 1 is 1.11 bits per heavy atom. The second-order valence-corrected chi connectivity index (χ2v) is 4.56. The summed E-state index contributed by atoms with van der Waals surface area (Å²) in [7, 11) is 0. The molecular formula is C15H13F2NO. The lowest BCUT2D eigenvalue weighted by Gasteiger charge is -2.11. The molecule has 0 aliphatic carbocycles. The maximum atomic E-state index is 13.8. The van der Waals surface area contributed by atoms with Gasteiger partial charge in [-0.1, -0.05) is 18.2 Å². The van der Waals surface area contributed by atoms with Gasteiger partial charge in [-0.25, -0.2) is 8.78 Å². The number of hydrogen-bond donors (Lipinski definition) is 1. The number of rotatable bonds is 2. The molecule has 0 amide bonds. The summed E-state index contributed by atoms with van der Waals surface area (Å²) < 4.78 is 26.7. The molecule has 1 aliphatic rings. The molecule has 0 spiro atoms. The van der Waals surface area contributed by atoms with E-state index < -0.39 is 11.6 Å². The van der Waals surface area contributed by atoms with Gasteiger partial charge in [-0.2, -0.15) is 5.48 Å². The lowest BCUT2D eigenvalue weighted by molar-refractivity contribution is 0.0883. The van der Waals surface area contributed by atoms with Crippen molar-refractivity contribution in [2.75, 3.05) is 6.61 Å². The van der Waals surface area contributed by atoms with Gasteiger partial charge < -0.3 is 4.84 Å². The van der Waals surface area contributed by atoms with Gasteiger partial charge in [0.05, 0.1) is 12.6 Å². The molecule has 98 valence electrons. The van der Waals surface area contributed by atoms with E-state index in [0.29, 0.717) is 12.2 Å². The smallest absolute Gasteiger partial charge is 0.133 e. The van der Waals surface area contributed by atoms with Crippen LogP contribution in [0.15, 0.2) is 42.5 Å². The zero-order chi connectivity index (χ0) is 13.2. The van der Waals surface area contributed by atoms with Crippen molar-refractivity contribution in [2.45, 2.75) is 12.5 Å². The first-order valence-corrected chi connectivity index (χ1v) is 6.17. The van der Waals surface area contributed by atoms with Gasteiger partial charge in [-0.15, -0.1) is 0 Å². The quantitative estimate of drug-likeness (QED) is 0.891. The fourth-order valence-electron chi connectivity index (χ4n) is 2.28. The standard InChI is InChI=1S/C15H13F2NO/c16-12-4-5-13(14(17)9-12)10-2-1-3-11(8-10)15-6-7-19-18-15/h1-5,8-9,15,18H,6-7H2. The SMILES string of the molecule is Fc1ccc(-c2cccc(C3CCON3)c2)c(F)c1. The van der Waals surface area contributed by atoms with Crippen molar-refractivity contribution in [1.29, 1.82) is 0 Å². The molecule has 4 heteroatoms. The average molecular weight is 261 g/mol. The molecule has 0 bridgehead atoms. The minimum absolute atomic E-state index is 0.128. The van der Waals surface area contributed by atoms with Crippen LogP contribution in [0, 0.1) is 11.6 Å². The van der Waals surface area contributed by atoms with Crippen LogP contribution in [-0.4, -0.2) is 6.61 Å². The molecule has 2 aromatic rings. The van der Waals surface area contributed by atoms with Crippen LogP contribution in [0.5, 0.6) is 0 Å². The van der Waals surface area contributed by atoms with Crippen LogP contribution in [0.4, 0.5) is 8.78 Å². The Bertz CT molecular complexity index is 594. The van der Waals surface area contributed by atoms with Gasteiger partial charge in [0, 0.05) is 11.6 Å². The van der Waals surface area contributed by atoms with E-state index in [2.05, 4.69) is 5.48 Å². The van der Waals surface area contributed by atoms with Crippen LogP contribution in [0.2, 0.25) is 0 Å². The van der Waals surface area contributed by atoms with Gasteiger partial charge in [0.2, 0.25) is 0 Å². The van der Waals surface area contributed by atoms with Crippen LogP contribution >= 0.6 is 0 Å². The molecule has 3 rings (SSSR count). The van der Waals surface area contributed by atoms with Gasteiger partial charge in [-0.3, -0.25) is 0 Å². The fourth-order valence-corrected chi connectivity index (χ4v) is 2.28. The topological polar surface area (TPSA) is 21.3 Å². The number of halogens is 2. The molecule has 19 heavy (non-hydrogen) atoms. The van der Waals surface area contributed by atoms with E-state index in [9.17, 15) is 8.78 Å². The predicted molar refractivity (Wildman–Crippen MR) is 68.2 cm³/mol. The Labute approximate surface area is 110 Å². The zero-order valence-electron chi connectivity index (χ0n) is 10.2. The summed E-state index contributed by atoms with van der Waals surface area (Å²) in [6.07, 6.45) is 0.884. The summed E-state index contributed by atoms with van der Waals surface area (Å²) in [5.74, 6) is -1.11. The number of benzene rings is 2. The van der Waals surface area contributed by atoms with Gasteiger partial charge in [0.15, 0.2) is 0 Å². The van der Waals surface area contributed by atoms with E-state index in [1.807, 2.05) is 24.3 Å². The van der Waals surface area contributed by atoms with Crippen molar-refractivity contribution in [1.82, 2.24) is 5.48 Å². The summed E-state index contributed by atoms with van der Waals surface area (Å²) >= 11 is 0. The molecule has 1 atom stereocenters. The number of hydrogen-bond acceptors (Lipinski definition) is 2. The summed E-state index contributed by atoms with van der Waals surface area (Å²) in [6, 6.07) is 11.3. The molecule has 1 N–H and O–H groups in total. The van der Waals surface area contributed by atoms with E-state index in [-0.39, 0.29) is 6.04 Å². The second kappa shape index (κ2) is 5.07. The minimum atomic E-state index is -0.566. The molecule has 2 aromatic carbocycles. The minimum Gasteiger partial charge on any atom is -0.301 e. The maximum absolute atomic E-state index is 13.8. The van der Waals surface area contributed by atoms with E-state index in [0.717, 1.165) is 23.6 Å². The predicted octanol–water partition coefficient (Wildman–Crippen LogP) is 3.60. The van der Waals surface area contributed by atoms with Crippen LogP contribution in [0.1, 0.15) is 18.0 Å². The van der Waals surface area contributed by atoms with Crippen molar-refractivity contribution >= 4 is 0 Å². The van der Waals surface area contributed by atoms with Crippen molar-refractivity contribution in [3.63, 3.8) is 0 Å². The first-order chi connectivity index (χ1) is 9.24. The molecular weight excluding hydrogens is 248 g/mol. The third kappa shape index (κ3) is 2.50. The molecule has 2 nitrogen and oxygen atoms in total. The maximum Gasteiger partial charge on any atom is 0.133 e. The first-order valence-electron chi connectivity index (χ1n) is 6.17. The highest BCUT2D eigenvalue weighted by atomic mass is 19.1. The summed E-state index contributed by atoms with van der Waals surface area (Å²) in [5, 5.41) is 0. The molecule has 0 saturated carbocycles.